The molecule has 5 heteroatoms. The van der Waals surface area contributed by atoms with E-state index in [0.717, 1.165) is 31.0 Å². The molecule has 0 bridgehead atoms. The van der Waals surface area contributed by atoms with Crippen LogP contribution in [0.1, 0.15) is 51.8 Å². The maximum Gasteiger partial charge on any atom is 0.337 e. The van der Waals surface area contributed by atoms with Crippen molar-refractivity contribution in [3.63, 3.8) is 0 Å². The van der Waals surface area contributed by atoms with E-state index in [1.54, 1.807) is 0 Å². The van der Waals surface area contributed by atoms with Crippen LogP contribution in [-0.4, -0.2) is 29.7 Å². The highest BCUT2D eigenvalue weighted by molar-refractivity contribution is 5.89. The van der Waals surface area contributed by atoms with Crippen LogP contribution < -0.4 is 0 Å². The summed E-state index contributed by atoms with van der Waals surface area (Å²) < 4.78 is 10.1. The van der Waals surface area contributed by atoms with Crippen molar-refractivity contribution in [2.24, 2.45) is 0 Å². The van der Waals surface area contributed by atoms with E-state index < -0.39 is 0 Å². The highest BCUT2D eigenvalue weighted by Gasteiger charge is 2.30. The lowest BCUT2D eigenvalue weighted by molar-refractivity contribution is 0.0600. The number of hydrogen-bond donors (Lipinski definition) is 0. The zero-order valence-electron chi connectivity index (χ0n) is 13.8. The highest BCUT2D eigenvalue weighted by Crippen LogP contribution is 2.36. The maximum atomic E-state index is 11.5. The second kappa shape index (κ2) is 6.54. The Balaban J connectivity index is 1.75. The minimum Gasteiger partial charge on any atom is -0.465 e. The van der Waals surface area contributed by atoms with Gasteiger partial charge in [-0.15, -0.1) is 0 Å². The molecule has 1 atom stereocenters. The molecule has 23 heavy (non-hydrogen) atoms. The summed E-state index contributed by atoms with van der Waals surface area (Å²) in [5, 5.41) is 4.09. The number of nitrogens with zero attached hydrogens (tertiary/aromatic N) is 2. The summed E-state index contributed by atoms with van der Waals surface area (Å²) >= 11 is 0. The summed E-state index contributed by atoms with van der Waals surface area (Å²) in [6.07, 6.45) is 2.30. The Labute approximate surface area is 136 Å². The number of carbonyl (C=O) groups excluding carboxylic acids is 1. The molecule has 0 spiro atoms. The van der Waals surface area contributed by atoms with Gasteiger partial charge in [0.2, 0.25) is 0 Å². The van der Waals surface area contributed by atoms with Gasteiger partial charge in [0.15, 0.2) is 0 Å². The molecule has 0 aliphatic carbocycles. The monoisotopic (exact) mass is 314 g/mol. The van der Waals surface area contributed by atoms with Gasteiger partial charge < -0.3 is 9.26 Å². The molecule has 0 amide bonds. The Hall–Kier alpha value is -2.14. The summed E-state index contributed by atoms with van der Waals surface area (Å²) in [5.74, 6) is 0.617. The Morgan fingerprint density at radius 2 is 2.09 bits per heavy atom. The molecule has 2 heterocycles. The number of benzene rings is 1. The normalized spacial score (nSPS) is 18.3. The van der Waals surface area contributed by atoms with Crippen molar-refractivity contribution < 1.29 is 14.1 Å². The van der Waals surface area contributed by atoms with Crippen LogP contribution in [0.4, 0.5) is 0 Å². The predicted molar refractivity (Wildman–Crippen MR) is 86.1 cm³/mol. The van der Waals surface area contributed by atoms with Crippen molar-refractivity contribution in [2.45, 2.75) is 39.3 Å². The SMILES string of the molecule is COC(=O)c1ccc(CN2CCC[C@H]2c2c(C)noc2C)cc1. The number of ether oxygens (including phenoxy) is 1. The van der Waals surface area contributed by atoms with Gasteiger partial charge in [0.05, 0.1) is 18.4 Å². The van der Waals surface area contributed by atoms with E-state index in [4.69, 9.17) is 9.26 Å². The van der Waals surface area contributed by atoms with Gasteiger partial charge >= 0.3 is 5.97 Å². The quantitative estimate of drug-likeness (QED) is 0.809. The molecule has 5 nitrogen and oxygen atoms in total. The van der Waals surface area contributed by atoms with Gasteiger partial charge in [0.25, 0.3) is 0 Å². The van der Waals surface area contributed by atoms with Crippen LogP contribution in [0.15, 0.2) is 28.8 Å². The number of hydrogen-bond acceptors (Lipinski definition) is 5. The van der Waals surface area contributed by atoms with E-state index in [1.807, 2.05) is 38.1 Å². The smallest absolute Gasteiger partial charge is 0.337 e. The molecule has 0 unspecified atom stereocenters. The third kappa shape index (κ3) is 3.15. The average Bonchev–Trinajstić information content (AvgIpc) is 3.13. The van der Waals surface area contributed by atoms with Gasteiger partial charge in [-0.25, -0.2) is 4.79 Å². The van der Waals surface area contributed by atoms with Crippen molar-refractivity contribution in [1.82, 2.24) is 10.1 Å². The van der Waals surface area contributed by atoms with E-state index in [9.17, 15) is 4.79 Å². The molecular formula is C18H22N2O3. The first-order chi connectivity index (χ1) is 11.1. The van der Waals surface area contributed by atoms with Crippen molar-refractivity contribution in [3.05, 3.63) is 52.4 Å². The number of aryl methyl sites for hydroxylation is 2. The number of rotatable bonds is 4. The van der Waals surface area contributed by atoms with Crippen molar-refractivity contribution >= 4 is 5.97 Å². The molecule has 1 aliphatic heterocycles. The van der Waals surface area contributed by atoms with Gasteiger partial charge in [0.1, 0.15) is 5.76 Å². The lowest BCUT2D eigenvalue weighted by atomic mass is 10.0. The molecule has 0 N–H and O–H groups in total. The third-order valence-corrected chi connectivity index (χ3v) is 4.55. The number of aromatic nitrogens is 1. The molecule has 1 fully saturated rings. The van der Waals surface area contributed by atoms with Crippen LogP contribution in [0.25, 0.3) is 0 Å². The summed E-state index contributed by atoms with van der Waals surface area (Å²) in [6.45, 7) is 5.91. The largest absolute Gasteiger partial charge is 0.465 e. The second-order valence-corrected chi connectivity index (χ2v) is 6.05. The van der Waals surface area contributed by atoms with Crippen molar-refractivity contribution in [1.29, 1.82) is 0 Å². The summed E-state index contributed by atoms with van der Waals surface area (Å²) in [6, 6.07) is 8.00. The predicted octanol–water partition coefficient (Wildman–Crippen LogP) is 3.42. The summed E-state index contributed by atoms with van der Waals surface area (Å²) in [4.78, 5) is 14.0. The van der Waals surface area contributed by atoms with E-state index >= 15 is 0 Å². The zero-order chi connectivity index (χ0) is 16.4. The number of likely N-dealkylation sites (tertiary alicyclic amines) is 1. The van der Waals surface area contributed by atoms with Gasteiger partial charge in [-0.1, -0.05) is 17.3 Å². The average molecular weight is 314 g/mol. The third-order valence-electron chi connectivity index (χ3n) is 4.55. The molecule has 122 valence electrons. The topological polar surface area (TPSA) is 55.6 Å². The number of carbonyl (C=O) groups is 1. The highest BCUT2D eigenvalue weighted by atomic mass is 16.5. The van der Waals surface area contributed by atoms with Gasteiger partial charge in [-0.3, -0.25) is 4.90 Å². The minimum atomic E-state index is -0.300. The van der Waals surface area contributed by atoms with Crippen LogP contribution in [-0.2, 0) is 11.3 Å². The molecule has 3 rings (SSSR count). The summed E-state index contributed by atoms with van der Waals surface area (Å²) in [5.41, 5.74) is 3.99. The Kier molecular flexibility index (Phi) is 4.48. The van der Waals surface area contributed by atoms with Crippen molar-refractivity contribution in [3.8, 4) is 0 Å². The van der Waals surface area contributed by atoms with Crippen LogP contribution in [0.5, 0.6) is 0 Å². The molecular weight excluding hydrogens is 292 g/mol. The van der Waals surface area contributed by atoms with Gasteiger partial charge in [0, 0.05) is 18.2 Å². The van der Waals surface area contributed by atoms with E-state index in [2.05, 4.69) is 10.1 Å². The molecule has 0 saturated carbocycles. The molecule has 1 aliphatic rings. The first kappa shape index (κ1) is 15.7. The van der Waals surface area contributed by atoms with E-state index in [-0.39, 0.29) is 5.97 Å². The fourth-order valence-corrected chi connectivity index (χ4v) is 3.41. The molecule has 0 radical (unpaired) electrons. The Bertz CT molecular complexity index is 671. The standard InChI is InChI=1S/C18H22N2O3/c1-12-17(13(2)23-19-12)16-5-4-10-20(16)11-14-6-8-15(9-7-14)18(21)22-3/h6-9,16H,4-5,10-11H2,1-3H3/t16-/m0/s1. The zero-order valence-corrected chi connectivity index (χ0v) is 13.8. The minimum absolute atomic E-state index is 0.300. The lowest BCUT2D eigenvalue weighted by Gasteiger charge is -2.24. The first-order valence-corrected chi connectivity index (χ1v) is 7.94. The molecule has 1 aromatic heterocycles. The van der Waals surface area contributed by atoms with Crippen molar-refractivity contribution in [2.75, 3.05) is 13.7 Å². The number of methoxy groups -OCH3 is 1. The van der Waals surface area contributed by atoms with E-state index in [0.29, 0.717) is 11.6 Å². The molecule has 1 saturated heterocycles. The molecule has 1 aromatic carbocycles. The first-order valence-electron chi connectivity index (χ1n) is 7.94. The number of esters is 1. The van der Waals surface area contributed by atoms with Gasteiger partial charge in [-0.2, -0.15) is 0 Å². The van der Waals surface area contributed by atoms with Crippen LogP contribution in [0.2, 0.25) is 0 Å². The lowest BCUT2D eigenvalue weighted by Crippen LogP contribution is -2.23. The Morgan fingerprint density at radius 3 is 2.70 bits per heavy atom. The Morgan fingerprint density at radius 1 is 1.35 bits per heavy atom. The van der Waals surface area contributed by atoms with Crippen LogP contribution in [0, 0.1) is 13.8 Å². The van der Waals surface area contributed by atoms with E-state index in [1.165, 1.54) is 24.7 Å². The van der Waals surface area contributed by atoms with Crippen LogP contribution in [0.3, 0.4) is 0 Å². The summed E-state index contributed by atoms with van der Waals surface area (Å²) in [7, 11) is 1.40. The molecule has 2 aromatic rings. The fraction of sp³-hybridized carbons (Fsp3) is 0.444. The fourth-order valence-electron chi connectivity index (χ4n) is 3.41. The maximum absolute atomic E-state index is 11.5. The van der Waals surface area contributed by atoms with Crippen LogP contribution >= 0.6 is 0 Å². The second-order valence-electron chi connectivity index (χ2n) is 6.05. The van der Waals surface area contributed by atoms with Gasteiger partial charge in [-0.05, 0) is 50.9 Å².